The Kier molecular flexibility index (Phi) is 7.91. The molecule has 0 aromatic heterocycles. The van der Waals surface area contributed by atoms with Crippen LogP contribution in [0.3, 0.4) is 0 Å². The zero-order chi connectivity index (χ0) is 22.8. The lowest BCUT2D eigenvalue weighted by Gasteiger charge is -2.06. The van der Waals surface area contributed by atoms with Crippen LogP contribution >= 0.6 is 0 Å². The predicted octanol–water partition coefficient (Wildman–Crippen LogP) is 3.97. The third-order valence-corrected chi connectivity index (χ3v) is 4.08. The molecule has 164 valence electrons. The van der Waals surface area contributed by atoms with Gasteiger partial charge in [-0.1, -0.05) is 0 Å². The number of hydrogen-bond acceptors (Lipinski definition) is 6. The Bertz CT molecular complexity index is 1070. The van der Waals surface area contributed by atoms with Gasteiger partial charge in [-0.15, -0.1) is 0 Å². The Hall–Kier alpha value is -4.20. The summed E-state index contributed by atoms with van der Waals surface area (Å²) in [5.41, 5.74) is 3.42. The van der Waals surface area contributed by atoms with Crippen molar-refractivity contribution in [3.05, 3.63) is 89.7 Å². The van der Waals surface area contributed by atoms with Crippen LogP contribution in [0.5, 0.6) is 17.2 Å². The summed E-state index contributed by atoms with van der Waals surface area (Å²) in [5.74, 6) is 0.0955. The first kappa shape index (κ1) is 22.5. The molecule has 0 spiro atoms. The van der Waals surface area contributed by atoms with Crippen LogP contribution < -0.4 is 19.6 Å². The zero-order valence-corrected chi connectivity index (χ0v) is 17.3. The molecule has 0 radical (unpaired) electrons. The molecule has 3 aromatic rings. The number of halogens is 1. The fraction of sp³-hybridized carbons (Fsp3) is 0.125. The van der Waals surface area contributed by atoms with Gasteiger partial charge in [-0.3, -0.25) is 4.79 Å². The molecular formula is C24H21FN2O5. The summed E-state index contributed by atoms with van der Waals surface area (Å²) < 4.78 is 28.7. The van der Waals surface area contributed by atoms with Crippen LogP contribution in [0, 0.1) is 5.82 Å². The number of nitrogens with zero attached hydrogens (tertiary/aromatic N) is 1. The highest BCUT2D eigenvalue weighted by Crippen LogP contribution is 2.16. The first-order valence-corrected chi connectivity index (χ1v) is 9.79. The Morgan fingerprint density at radius 3 is 2.12 bits per heavy atom. The van der Waals surface area contributed by atoms with E-state index in [1.54, 1.807) is 48.5 Å². The molecule has 1 amide bonds. The standard InChI is InChI=1S/C24H21FN2O5/c1-2-30-20-11-5-18(6-12-20)24(29)32-22-9-3-17(4-10-22)15-26-27-23(28)16-31-21-13-7-19(25)8-14-21/h3-15H,2,16H2,1H3,(H,27,28)/b26-15+. The average molecular weight is 436 g/mol. The van der Waals surface area contributed by atoms with E-state index in [1.807, 2.05) is 6.92 Å². The smallest absolute Gasteiger partial charge is 0.343 e. The summed E-state index contributed by atoms with van der Waals surface area (Å²) in [7, 11) is 0. The number of benzene rings is 3. The third-order valence-electron chi connectivity index (χ3n) is 4.08. The van der Waals surface area contributed by atoms with Crippen molar-refractivity contribution in [2.24, 2.45) is 5.10 Å². The summed E-state index contributed by atoms with van der Waals surface area (Å²) in [6, 6.07) is 18.6. The zero-order valence-electron chi connectivity index (χ0n) is 17.3. The van der Waals surface area contributed by atoms with Crippen molar-refractivity contribution in [2.75, 3.05) is 13.2 Å². The fourth-order valence-corrected chi connectivity index (χ4v) is 2.53. The van der Waals surface area contributed by atoms with Gasteiger partial charge in [0.15, 0.2) is 6.61 Å². The van der Waals surface area contributed by atoms with Crippen molar-refractivity contribution >= 4 is 18.1 Å². The molecule has 32 heavy (non-hydrogen) atoms. The number of hydrogen-bond donors (Lipinski definition) is 1. The van der Waals surface area contributed by atoms with Crippen LogP contribution in [0.4, 0.5) is 4.39 Å². The number of hydrazone groups is 1. The van der Waals surface area contributed by atoms with Crippen molar-refractivity contribution < 1.29 is 28.2 Å². The number of amides is 1. The van der Waals surface area contributed by atoms with E-state index in [0.717, 1.165) is 0 Å². The highest BCUT2D eigenvalue weighted by molar-refractivity contribution is 5.91. The van der Waals surface area contributed by atoms with Gasteiger partial charge in [-0.25, -0.2) is 14.6 Å². The van der Waals surface area contributed by atoms with Gasteiger partial charge in [-0.2, -0.15) is 5.10 Å². The van der Waals surface area contributed by atoms with Gasteiger partial charge in [0, 0.05) is 0 Å². The van der Waals surface area contributed by atoms with Crippen LogP contribution in [0.1, 0.15) is 22.8 Å². The van der Waals surface area contributed by atoms with Crippen molar-refractivity contribution in [1.29, 1.82) is 0 Å². The molecule has 0 saturated heterocycles. The number of carbonyl (C=O) groups excluding carboxylic acids is 2. The molecule has 0 saturated carbocycles. The van der Waals surface area contributed by atoms with Crippen LogP contribution in [-0.4, -0.2) is 31.3 Å². The second-order valence-corrected chi connectivity index (χ2v) is 6.45. The van der Waals surface area contributed by atoms with Crippen LogP contribution in [0.2, 0.25) is 0 Å². The number of carbonyl (C=O) groups is 2. The Balaban J connectivity index is 1.45. The summed E-state index contributed by atoms with van der Waals surface area (Å²) in [5, 5.41) is 3.85. The maximum atomic E-state index is 12.8. The van der Waals surface area contributed by atoms with E-state index in [-0.39, 0.29) is 12.4 Å². The lowest BCUT2D eigenvalue weighted by Crippen LogP contribution is -2.24. The Morgan fingerprint density at radius 1 is 0.875 bits per heavy atom. The molecule has 0 unspecified atom stereocenters. The topological polar surface area (TPSA) is 86.2 Å². The van der Waals surface area contributed by atoms with Gasteiger partial charge in [-0.05, 0) is 85.3 Å². The lowest BCUT2D eigenvalue weighted by atomic mass is 10.2. The second-order valence-electron chi connectivity index (χ2n) is 6.45. The van der Waals surface area contributed by atoms with Crippen LogP contribution in [0.25, 0.3) is 0 Å². The van der Waals surface area contributed by atoms with Gasteiger partial charge < -0.3 is 14.2 Å². The van der Waals surface area contributed by atoms with Crippen molar-refractivity contribution in [3.8, 4) is 17.2 Å². The van der Waals surface area contributed by atoms with Gasteiger partial charge in [0.1, 0.15) is 23.1 Å². The average Bonchev–Trinajstić information content (AvgIpc) is 2.80. The number of ether oxygens (including phenoxy) is 3. The SMILES string of the molecule is CCOc1ccc(C(=O)Oc2ccc(/C=N/NC(=O)COc3ccc(F)cc3)cc2)cc1. The Labute approximate surface area is 184 Å². The normalized spacial score (nSPS) is 10.6. The summed E-state index contributed by atoms with van der Waals surface area (Å²) in [6.07, 6.45) is 1.44. The van der Waals surface area contributed by atoms with Crippen molar-refractivity contribution in [3.63, 3.8) is 0 Å². The Morgan fingerprint density at radius 2 is 1.47 bits per heavy atom. The van der Waals surface area contributed by atoms with E-state index >= 15 is 0 Å². The number of rotatable bonds is 9. The van der Waals surface area contributed by atoms with E-state index in [2.05, 4.69) is 10.5 Å². The highest BCUT2D eigenvalue weighted by atomic mass is 19.1. The number of esters is 1. The van der Waals surface area contributed by atoms with E-state index in [9.17, 15) is 14.0 Å². The molecule has 0 aliphatic heterocycles. The molecule has 0 fully saturated rings. The minimum Gasteiger partial charge on any atom is -0.494 e. The van der Waals surface area contributed by atoms with Gasteiger partial charge >= 0.3 is 5.97 Å². The second kappa shape index (κ2) is 11.3. The molecule has 0 atom stereocenters. The molecule has 0 aliphatic rings. The van der Waals surface area contributed by atoms with Crippen LogP contribution in [-0.2, 0) is 4.79 Å². The third kappa shape index (κ3) is 6.94. The minimum atomic E-state index is -0.483. The van der Waals surface area contributed by atoms with E-state index < -0.39 is 11.9 Å². The van der Waals surface area contributed by atoms with Gasteiger partial charge in [0.25, 0.3) is 5.91 Å². The predicted molar refractivity (Wildman–Crippen MR) is 117 cm³/mol. The molecule has 0 heterocycles. The molecule has 3 aromatic carbocycles. The van der Waals surface area contributed by atoms with Gasteiger partial charge in [0.2, 0.25) is 0 Å². The van der Waals surface area contributed by atoms with Gasteiger partial charge in [0.05, 0.1) is 18.4 Å². The quantitative estimate of drug-likeness (QED) is 0.237. The molecule has 3 rings (SSSR count). The molecule has 0 bridgehead atoms. The highest BCUT2D eigenvalue weighted by Gasteiger charge is 2.09. The first-order chi connectivity index (χ1) is 15.5. The van der Waals surface area contributed by atoms with E-state index in [0.29, 0.717) is 35.0 Å². The molecule has 1 N–H and O–H groups in total. The minimum absolute atomic E-state index is 0.261. The number of nitrogens with one attached hydrogen (secondary N) is 1. The maximum Gasteiger partial charge on any atom is 0.343 e. The van der Waals surface area contributed by atoms with Crippen LogP contribution in [0.15, 0.2) is 77.9 Å². The summed E-state index contributed by atoms with van der Waals surface area (Å²) in [4.78, 5) is 24.0. The van der Waals surface area contributed by atoms with Crippen molar-refractivity contribution in [2.45, 2.75) is 6.92 Å². The summed E-state index contributed by atoms with van der Waals surface area (Å²) in [6.45, 7) is 2.17. The largest absolute Gasteiger partial charge is 0.494 e. The lowest BCUT2D eigenvalue weighted by molar-refractivity contribution is -0.123. The monoisotopic (exact) mass is 436 g/mol. The first-order valence-electron chi connectivity index (χ1n) is 9.79. The maximum absolute atomic E-state index is 12.8. The van der Waals surface area contributed by atoms with Crippen molar-refractivity contribution in [1.82, 2.24) is 5.43 Å². The fourth-order valence-electron chi connectivity index (χ4n) is 2.53. The summed E-state index contributed by atoms with van der Waals surface area (Å²) >= 11 is 0. The molecule has 8 heteroatoms. The van der Waals surface area contributed by atoms with E-state index in [1.165, 1.54) is 30.5 Å². The molecular weight excluding hydrogens is 415 g/mol. The van der Waals surface area contributed by atoms with E-state index in [4.69, 9.17) is 14.2 Å². The molecule has 0 aliphatic carbocycles. The molecule has 7 nitrogen and oxygen atoms in total.